The molecule has 0 nitrogen and oxygen atoms in total. The Kier molecular flexibility index (Phi) is 4.63. The molecule has 4 heteroatoms. The van der Waals surface area contributed by atoms with Gasteiger partial charge >= 0.3 is 0 Å². The first kappa shape index (κ1) is 11.7. The zero-order chi connectivity index (χ0) is 10.6. The predicted molar refractivity (Wildman–Crippen MR) is 55.0 cm³/mol. The van der Waals surface area contributed by atoms with Crippen LogP contribution in [0.2, 0.25) is 0 Å². The molecule has 0 fully saturated rings. The van der Waals surface area contributed by atoms with Gasteiger partial charge in [-0.1, -0.05) is 12.1 Å². The molecular formula is C10H10Cl2F2. The summed E-state index contributed by atoms with van der Waals surface area (Å²) < 4.78 is 26.0. The normalized spacial score (nSPS) is 10.9. The van der Waals surface area contributed by atoms with Gasteiger partial charge in [0.1, 0.15) is 0 Å². The van der Waals surface area contributed by atoms with E-state index < -0.39 is 11.6 Å². The molecule has 0 saturated carbocycles. The maximum Gasteiger partial charge on any atom is 0.162 e. The van der Waals surface area contributed by atoms with Crippen LogP contribution in [0, 0.1) is 17.6 Å². The summed E-state index contributed by atoms with van der Waals surface area (Å²) in [6, 6.07) is 4.12. The maximum absolute atomic E-state index is 13.2. The molecule has 0 aliphatic carbocycles. The molecule has 1 aromatic rings. The molecule has 1 rings (SSSR count). The fourth-order valence-electron chi connectivity index (χ4n) is 1.17. The molecule has 0 aromatic heterocycles. The third kappa shape index (κ3) is 2.82. The lowest BCUT2D eigenvalue weighted by molar-refractivity contribution is 0.490. The second-order valence-corrected chi connectivity index (χ2v) is 3.71. The molecule has 0 heterocycles. The molecule has 0 atom stereocenters. The van der Waals surface area contributed by atoms with E-state index in [4.69, 9.17) is 23.2 Å². The molecule has 0 amide bonds. The molecular weight excluding hydrogens is 229 g/mol. The molecule has 0 saturated heterocycles. The zero-order valence-corrected chi connectivity index (χ0v) is 8.95. The topological polar surface area (TPSA) is 0 Å². The van der Waals surface area contributed by atoms with Crippen molar-refractivity contribution >= 4 is 23.2 Å². The van der Waals surface area contributed by atoms with E-state index in [-0.39, 0.29) is 5.92 Å². The minimum absolute atomic E-state index is 0.0189. The summed E-state index contributed by atoms with van der Waals surface area (Å²) >= 11 is 11.2. The van der Waals surface area contributed by atoms with Gasteiger partial charge in [0, 0.05) is 11.8 Å². The van der Waals surface area contributed by atoms with Crippen molar-refractivity contribution in [3.63, 3.8) is 0 Å². The highest BCUT2D eigenvalue weighted by atomic mass is 35.5. The number of benzene rings is 1. The van der Waals surface area contributed by atoms with Crippen LogP contribution in [0.15, 0.2) is 18.2 Å². The summed E-state index contributed by atoms with van der Waals surface area (Å²) in [5, 5.41) is 0. The summed E-state index contributed by atoms with van der Waals surface area (Å²) in [4.78, 5) is 0. The highest BCUT2D eigenvalue weighted by Gasteiger charge is 2.12. The lowest BCUT2D eigenvalue weighted by Crippen LogP contribution is -2.09. The van der Waals surface area contributed by atoms with Gasteiger partial charge in [0.15, 0.2) is 11.6 Å². The third-order valence-electron chi connectivity index (χ3n) is 1.98. The average Bonchev–Trinajstić information content (AvgIpc) is 2.20. The highest BCUT2D eigenvalue weighted by Crippen LogP contribution is 2.17. The van der Waals surface area contributed by atoms with E-state index in [2.05, 4.69) is 0 Å². The van der Waals surface area contributed by atoms with Crippen LogP contribution < -0.4 is 0 Å². The Balaban J connectivity index is 2.80. The van der Waals surface area contributed by atoms with Gasteiger partial charge in [-0.05, 0) is 24.0 Å². The zero-order valence-electron chi connectivity index (χ0n) is 7.44. The van der Waals surface area contributed by atoms with Crippen LogP contribution >= 0.6 is 23.2 Å². The Hall–Kier alpha value is -0.340. The maximum atomic E-state index is 13.2. The van der Waals surface area contributed by atoms with Gasteiger partial charge in [-0.25, -0.2) is 8.78 Å². The lowest BCUT2D eigenvalue weighted by atomic mass is 10.0. The molecule has 0 aliphatic rings. The van der Waals surface area contributed by atoms with E-state index in [1.165, 1.54) is 6.07 Å². The van der Waals surface area contributed by atoms with Crippen molar-refractivity contribution in [3.05, 3.63) is 35.4 Å². The smallest absolute Gasteiger partial charge is 0.162 e. The number of hydrogen-bond acceptors (Lipinski definition) is 0. The first-order chi connectivity index (χ1) is 6.69. The molecule has 0 spiro atoms. The van der Waals surface area contributed by atoms with Gasteiger partial charge in [-0.2, -0.15) is 0 Å². The quantitative estimate of drug-likeness (QED) is 0.704. The molecule has 0 radical (unpaired) electrons. The van der Waals surface area contributed by atoms with Crippen LogP contribution in [0.1, 0.15) is 5.56 Å². The Morgan fingerprint density at radius 3 is 2.36 bits per heavy atom. The average molecular weight is 239 g/mol. The van der Waals surface area contributed by atoms with Crippen LogP contribution in [0.3, 0.4) is 0 Å². The first-order valence-electron chi connectivity index (χ1n) is 4.23. The summed E-state index contributed by atoms with van der Waals surface area (Å²) in [6.07, 6.45) is 0.372. The van der Waals surface area contributed by atoms with Crippen molar-refractivity contribution in [1.29, 1.82) is 0 Å². The van der Waals surface area contributed by atoms with Crippen molar-refractivity contribution in [2.75, 3.05) is 11.8 Å². The predicted octanol–water partition coefficient (Wildman–Crippen LogP) is 3.60. The largest absolute Gasteiger partial charge is 0.204 e. The summed E-state index contributed by atoms with van der Waals surface area (Å²) in [6.45, 7) is 0. The van der Waals surface area contributed by atoms with Gasteiger partial charge < -0.3 is 0 Å². The first-order valence-corrected chi connectivity index (χ1v) is 5.30. The highest BCUT2D eigenvalue weighted by molar-refractivity contribution is 6.20. The van der Waals surface area contributed by atoms with Crippen LogP contribution in [-0.2, 0) is 6.42 Å². The second-order valence-electron chi connectivity index (χ2n) is 3.09. The molecule has 1 aromatic carbocycles. The molecule has 0 aliphatic heterocycles. The van der Waals surface area contributed by atoms with Crippen LogP contribution in [0.4, 0.5) is 8.78 Å². The fraction of sp³-hybridized carbons (Fsp3) is 0.400. The minimum Gasteiger partial charge on any atom is -0.204 e. The fourth-order valence-corrected chi connectivity index (χ4v) is 1.72. The molecule has 14 heavy (non-hydrogen) atoms. The van der Waals surface area contributed by atoms with Crippen LogP contribution in [-0.4, -0.2) is 11.8 Å². The number of halogens is 4. The van der Waals surface area contributed by atoms with E-state index in [9.17, 15) is 8.78 Å². The van der Waals surface area contributed by atoms with Gasteiger partial charge in [-0.15, -0.1) is 23.2 Å². The monoisotopic (exact) mass is 238 g/mol. The van der Waals surface area contributed by atoms with E-state index in [1.54, 1.807) is 6.07 Å². The van der Waals surface area contributed by atoms with Crippen molar-refractivity contribution < 1.29 is 8.78 Å². The molecule has 78 valence electrons. The Bertz CT molecular complexity index is 298. The van der Waals surface area contributed by atoms with Gasteiger partial charge in [-0.3, -0.25) is 0 Å². The van der Waals surface area contributed by atoms with Crippen molar-refractivity contribution in [2.45, 2.75) is 6.42 Å². The number of rotatable bonds is 4. The van der Waals surface area contributed by atoms with Gasteiger partial charge in [0.2, 0.25) is 0 Å². The van der Waals surface area contributed by atoms with E-state index in [0.29, 0.717) is 23.7 Å². The minimum atomic E-state index is -0.828. The molecule has 0 N–H and O–H groups in total. The van der Waals surface area contributed by atoms with E-state index in [1.807, 2.05) is 0 Å². The summed E-state index contributed by atoms with van der Waals surface area (Å²) in [5.41, 5.74) is 0.330. The third-order valence-corrected chi connectivity index (χ3v) is 2.85. The molecule has 0 bridgehead atoms. The van der Waals surface area contributed by atoms with Crippen molar-refractivity contribution in [3.8, 4) is 0 Å². The van der Waals surface area contributed by atoms with E-state index in [0.717, 1.165) is 6.07 Å². The Morgan fingerprint density at radius 1 is 1.14 bits per heavy atom. The number of hydrogen-bond donors (Lipinski definition) is 0. The molecule has 0 unspecified atom stereocenters. The SMILES string of the molecule is Fc1cccc(CC(CCl)CCl)c1F. The lowest BCUT2D eigenvalue weighted by Gasteiger charge is -2.10. The summed E-state index contributed by atoms with van der Waals surface area (Å²) in [5.74, 6) is -0.952. The van der Waals surface area contributed by atoms with Gasteiger partial charge in [0.05, 0.1) is 0 Å². The second kappa shape index (κ2) is 5.52. The van der Waals surface area contributed by atoms with Crippen LogP contribution in [0.5, 0.6) is 0 Å². The number of alkyl halides is 2. The summed E-state index contributed by atoms with van der Waals surface area (Å²) in [7, 11) is 0. The Labute approximate surface area is 91.8 Å². The van der Waals surface area contributed by atoms with Gasteiger partial charge in [0.25, 0.3) is 0 Å². The van der Waals surface area contributed by atoms with Crippen molar-refractivity contribution in [2.24, 2.45) is 5.92 Å². The van der Waals surface area contributed by atoms with Crippen LogP contribution in [0.25, 0.3) is 0 Å². The van der Waals surface area contributed by atoms with Crippen molar-refractivity contribution in [1.82, 2.24) is 0 Å². The Morgan fingerprint density at radius 2 is 1.79 bits per heavy atom. The van der Waals surface area contributed by atoms with E-state index >= 15 is 0 Å². The standard InChI is InChI=1S/C10H10Cl2F2/c11-5-7(6-12)4-8-2-1-3-9(13)10(8)14/h1-3,7H,4-6H2.